The molecular formula is C16H21N5O3. The molecular weight excluding hydrogens is 310 g/mol. The lowest BCUT2D eigenvalue weighted by atomic mass is 10.00. The molecule has 2 unspecified atom stereocenters. The van der Waals surface area contributed by atoms with E-state index >= 15 is 0 Å². The highest BCUT2D eigenvalue weighted by Gasteiger charge is 2.44. The normalized spacial score (nSPS) is 23.5. The topological polar surface area (TPSA) is 92.5 Å². The van der Waals surface area contributed by atoms with Crippen LogP contribution in [0.5, 0.6) is 0 Å². The van der Waals surface area contributed by atoms with Crippen molar-refractivity contribution in [1.29, 1.82) is 0 Å². The lowest BCUT2D eigenvalue weighted by Gasteiger charge is -2.32. The van der Waals surface area contributed by atoms with Gasteiger partial charge >= 0.3 is 6.03 Å². The van der Waals surface area contributed by atoms with Gasteiger partial charge in [0.1, 0.15) is 0 Å². The van der Waals surface area contributed by atoms with E-state index in [4.69, 9.17) is 4.74 Å². The van der Waals surface area contributed by atoms with E-state index in [2.05, 4.69) is 15.6 Å². The van der Waals surface area contributed by atoms with E-state index in [1.54, 1.807) is 16.7 Å². The Kier molecular flexibility index (Phi) is 4.50. The fraction of sp³-hybridized carbons (Fsp3) is 0.438. The van der Waals surface area contributed by atoms with Crippen molar-refractivity contribution >= 4 is 11.8 Å². The van der Waals surface area contributed by atoms with Gasteiger partial charge in [0.15, 0.2) is 5.82 Å². The number of rotatable bonds is 4. The second kappa shape index (κ2) is 6.58. The number of amides is 2. The minimum Gasteiger partial charge on any atom is -0.394 e. The van der Waals surface area contributed by atoms with E-state index in [1.807, 2.05) is 37.3 Å². The number of aliphatic hydroxyl groups excluding tert-OH is 1. The van der Waals surface area contributed by atoms with Crippen molar-refractivity contribution in [3.8, 4) is 5.69 Å². The van der Waals surface area contributed by atoms with Crippen LogP contribution in [0, 0.1) is 0 Å². The first-order chi connectivity index (χ1) is 11.6. The standard InChI is InChI=1S/C16H21N5O3/c1-16(11-22)8-13(24-2)10-20(16)15(23)18-14-9-17-19-21(14)12-6-4-3-5-7-12/h3-7,9,13,22H,8,10-11H2,1-2H3,(H,18,23). The number of hydrogen-bond acceptors (Lipinski definition) is 5. The van der Waals surface area contributed by atoms with Crippen LogP contribution in [0.15, 0.2) is 36.5 Å². The second-order valence-electron chi connectivity index (χ2n) is 6.12. The van der Waals surface area contributed by atoms with Crippen LogP contribution in [-0.2, 0) is 4.74 Å². The van der Waals surface area contributed by atoms with Crippen LogP contribution in [0.4, 0.5) is 10.6 Å². The van der Waals surface area contributed by atoms with E-state index in [9.17, 15) is 9.90 Å². The zero-order valence-corrected chi connectivity index (χ0v) is 13.7. The minimum atomic E-state index is -0.657. The molecule has 0 saturated carbocycles. The molecule has 1 saturated heterocycles. The zero-order valence-electron chi connectivity index (χ0n) is 13.7. The van der Waals surface area contributed by atoms with Crippen molar-refractivity contribution in [3.63, 3.8) is 0 Å². The van der Waals surface area contributed by atoms with Crippen molar-refractivity contribution in [2.75, 3.05) is 25.6 Å². The van der Waals surface area contributed by atoms with Gasteiger partial charge in [0.05, 0.1) is 30.1 Å². The fourth-order valence-corrected chi connectivity index (χ4v) is 2.98. The Bertz CT molecular complexity index is 705. The fourth-order valence-electron chi connectivity index (χ4n) is 2.98. The third-order valence-electron chi connectivity index (χ3n) is 4.41. The third kappa shape index (κ3) is 2.98. The van der Waals surface area contributed by atoms with E-state index in [-0.39, 0.29) is 18.7 Å². The monoisotopic (exact) mass is 331 g/mol. The third-order valence-corrected chi connectivity index (χ3v) is 4.41. The van der Waals surface area contributed by atoms with Crippen molar-refractivity contribution in [2.45, 2.75) is 25.0 Å². The number of urea groups is 1. The van der Waals surface area contributed by atoms with Crippen LogP contribution in [0.25, 0.3) is 5.69 Å². The number of hydrogen-bond donors (Lipinski definition) is 2. The van der Waals surface area contributed by atoms with Gasteiger partial charge in [-0.1, -0.05) is 23.4 Å². The van der Waals surface area contributed by atoms with Crippen LogP contribution in [0.3, 0.4) is 0 Å². The quantitative estimate of drug-likeness (QED) is 0.880. The van der Waals surface area contributed by atoms with Crippen LogP contribution in [0.1, 0.15) is 13.3 Å². The summed E-state index contributed by atoms with van der Waals surface area (Å²) in [5, 5.41) is 20.4. The van der Waals surface area contributed by atoms with Gasteiger partial charge in [-0.3, -0.25) is 5.32 Å². The van der Waals surface area contributed by atoms with E-state index in [1.165, 1.54) is 6.20 Å². The van der Waals surface area contributed by atoms with Crippen LogP contribution in [-0.4, -0.2) is 62.9 Å². The number of carbonyl (C=O) groups excluding carboxylic acids is 1. The van der Waals surface area contributed by atoms with Crippen molar-refractivity contribution in [2.24, 2.45) is 0 Å². The first-order valence-corrected chi connectivity index (χ1v) is 7.76. The highest BCUT2D eigenvalue weighted by atomic mass is 16.5. The number of aromatic nitrogens is 3. The maximum atomic E-state index is 12.7. The SMILES string of the molecule is COC1CN(C(=O)Nc2cnnn2-c2ccccc2)C(C)(CO)C1. The zero-order chi connectivity index (χ0) is 17.2. The Morgan fingerprint density at radius 1 is 1.46 bits per heavy atom. The van der Waals surface area contributed by atoms with Crippen molar-refractivity contribution < 1.29 is 14.6 Å². The molecule has 0 aliphatic carbocycles. The number of methoxy groups -OCH3 is 1. The molecule has 8 heteroatoms. The molecule has 0 bridgehead atoms. The number of para-hydroxylation sites is 1. The molecule has 3 rings (SSSR count). The summed E-state index contributed by atoms with van der Waals surface area (Å²) < 4.78 is 6.91. The molecule has 2 aromatic rings. The molecule has 0 spiro atoms. The van der Waals surface area contributed by atoms with E-state index in [0.717, 1.165) is 5.69 Å². The van der Waals surface area contributed by atoms with Gasteiger partial charge in [-0.15, -0.1) is 5.10 Å². The summed E-state index contributed by atoms with van der Waals surface area (Å²) in [4.78, 5) is 14.3. The number of benzene rings is 1. The van der Waals surface area contributed by atoms with Gasteiger partial charge in [0.2, 0.25) is 0 Å². The molecule has 2 amide bonds. The molecule has 2 N–H and O–H groups in total. The summed E-state index contributed by atoms with van der Waals surface area (Å²) in [6.45, 7) is 2.14. The number of nitrogens with one attached hydrogen (secondary N) is 1. The van der Waals surface area contributed by atoms with Gasteiger partial charge in [0, 0.05) is 20.1 Å². The molecule has 1 aliphatic rings. The maximum absolute atomic E-state index is 12.7. The summed E-state index contributed by atoms with van der Waals surface area (Å²) in [5.74, 6) is 0.465. The first kappa shape index (κ1) is 16.4. The lowest BCUT2D eigenvalue weighted by molar-refractivity contribution is 0.0985. The van der Waals surface area contributed by atoms with Crippen LogP contribution >= 0.6 is 0 Å². The number of nitrogens with zero attached hydrogens (tertiary/aromatic N) is 4. The largest absolute Gasteiger partial charge is 0.394 e. The minimum absolute atomic E-state index is 0.0925. The summed E-state index contributed by atoms with van der Waals surface area (Å²) in [6.07, 6.45) is 1.99. The van der Waals surface area contributed by atoms with Gasteiger partial charge < -0.3 is 14.7 Å². The van der Waals surface area contributed by atoms with Gasteiger partial charge in [-0.25, -0.2) is 4.79 Å². The van der Waals surface area contributed by atoms with Crippen LogP contribution < -0.4 is 5.32 Å². The molecule has 128 valence electrons. The van der Waals surface area contributed by atoms with Crippen LogP contribution in [0.2, 0.25) is 0 Å². The average molecular weight is 331 g/mol. The predicted molar refractivity (Wildman–Crippen MR) is 88.0 cm³/mol. The van der Waals surface area contributed by atoms with Gasteiger partial charge in [-0.05, 0) is 19.1 Å². The van der Waals surface area contributed by atoms with E-state index in [0.29, 0.717) is 18.8 Å². The number of carbonyl (C=O) groups is 1. The number of likely N-dealkylation sites (tertiary alicyclic amines) is 1. The maximum Gasteiger partial charge on any atom is 0.323 e. The number of anilines is 1. The number of aliphatic hydroxyl groups is 1. The summed E-state index contributed by atoms with van der Waals surface area (Å²) in [7, 11) is 1.61. The molecule has 2 heterocycles. The lowest BCUT2D eigenvalue weighted by Crippen LogP contribution is -2.49. The van der Waals surface area contributed by atoms with Crippen molar-refractivity contribution in [1.82, 2.24) is 19.9 Å². The Hall–Kier alpha value is -2.45. The Labute approximate surface area is 140 Å². The average Bonchev–Trinajstić information content (AvgIpc) is 3.20. The molecule has 24 heavy (non-hydrogen) atoms. The Morgan fingerprint density at radius 2 is 2.21 bits per heavy atom. The Balaban J connectivity index is 1.80. The summed E-state index contributed by atoms with van der Waals surface area (Å²) >= 11 is 0. The summed E-state index contributed by atoms with van der Waals surface area (Å²) in [5.41, 5.74) is 0.141. The van der Waals surface area contributed by atoms with E-state index < -0.39 is 5.54 Å². The summed E-state index contributed by atoms with van der Waals surface area (Å²) in [6, 6.07) is 9.11. The molecule has 1 fully saturated rings. The molecule has 1 aliphatic heterocycles. The van der Waals surface area contributed by atoms with Gasteiger partial charge in [0.25, 0.3) is 0 Å². The smallest absolute Gasteiger partial charge is 0.323 e. The highest BCUT2D eigenvalue weighted by Crippen LogP contribution is 2.31. The Morgan fingerprint density at radius 3 is 2.88 bits per heavy atom. The first-order valence-electron chi connectivity index (χ1n) is 7.76. The van der Waals surface area contributed by atoms with Gasteiger partial charge in [-0.2, -0.15) is 4.68 Å². The molecule has 2 atom stereocenters. The molecule has 1 aromatic heterocycles. The number of ether oxygens (including phenoxy) is 1. The second-order valence-corrected chi connectivity index (χ2v) is 6.12. The molecule has 1 aromatic carbocycles. The molecule has 0 radical (unpaired) electrons. The molecule has 8 nitrogen and oxygen atoms in total. The highest BCUT2D eigenvalue weighted by molar-refractivity contribution is 5.89. The van der Waals surface area contributed by atoms with Crippen molar-refractivity contribution in [3.05, 3.63) is 36.5 Å². The predicted octanol–water partition coefficient (Wildman–Crippen LogP) is 1.27.